The Balaban J connectivity index is 0.00000338. The van der Waals surface area contributed by atoms with Gasteiger partial charge in [0.2, 0.25) is 0 Å². The molecule has 2 nitrogen and oxygen atoms in total. The Morgan fingerprint density at radius 1 is 0.846 bits per heavy atom. The molecular weight excluding hydrogens is 386 g/mol. The van der Waals surface area contributed by atoms with Crippen LogP contribution in [0.25, 0.3) is 0 Å². The maximum atomic E-state index is 9.81. The summed E-state index contributed by atoms with van der Waals surface area (Å²) in [5.41, 5.74) is 3.64. The summed E-state index contributed by atoms with van der Waals surface area (Å²) in [4.78, 5) is 0. The molecule has 0 unspecified atom stereocenters. The van der Waals surface area contributed by atoms with E-state index in [-0.39, 0.29) is 23.6 Å². The van der Waals surface area contributed by atoms with E-state index in [0.29, 0.717) is 18.0 Å². The summed E-state index contributed by atoms with van der Waals surface area (Å²) in [5, 5.41) is 9.81. The van der Waals surface area contributed by atoms with Gasteiger partial charge in [0.05, 0.1) is 32.3 Å². The van der Waals surface area contributed by atoms with Crippen molar-refractivity contribution >= 4 is 0 Å². The second kappa shape index (κ2) is 10.2. The standard InChI is InChI=1S/C23H34NO.BrH/c1-18(2)24(5,19(3)4)16-15-23(20-11-7-6-8-12-20)22-14-10-9-13-21(22)17-25;/h6-14,18-19,23,25H,15-17H2,1-5H3;1H/q+1;/p-1/t23-;/m1./s1. The van der Waals surface area contributed by atoms with Crippen molar-refractivity contribution in [2.24, 2.45) is 0 Å². The van der Waals surface area contributed by atoms with Crippen molar-refractivity contribution in [1.82, 2.24) is 0 Å². The van der Waals surface area contributed by atoms with E-state index in [2.05, 4.69) is 77.2 Å². The smallest absolute Gasteiger partial charge is 0.0833 e. The van der Waals surface area contributed by atoms with Crippen LogP contribution in [-0.4, -0.2) is 35.3 Å². The van der Waals surface area contributed by atoms with Gasteiger partial charge < -0.3 is 26.6 Å². The number of hydrogen-bond acceptors (Lipinski definition) is 1. The summed E-state index contributed by atoms with van der Waals surface area (Å²) in [6, 6.07) is 20.2. The Morgan fingerprint density at radius 3 is 1.92 bits per heavy atom. The molecule has 0 aliphatic carbocycles. The van der Waals surface area contributed by atoms with E-state index in [1.807, 2.05) is 12.1 Å². The Hall–Kier alpha value is -1.16. The lowest BCUT2D eigenvalue weighted by Crippen LogP contribution is -3.00. The molecule has 0 saturated heterocycles. The van der Waals surface area contributed by atoms with Crippen LogP contribution in [0.2, 0.25) is 0 Å². The zero-order valence-corrected chi connectivity index (χ0v) is 18.4. The zero-order valence-electron chi connectivity index (χ0n) is 16.8. The number of benzene rings is 2. The van der Waals surface area contributed by atoms with E-state index in [1.165, 1.54) is 11.1 Å². The first-order valence-corrected chi connectivity index (χ1v) is 9.48. The highest BCUT2D eigenvalue weighted by molar-refractivity contribution is 5.37. The van der Waals surface area contributed by atoms with Gasteiger partial charge in [-0.3, -0.25) is 0 Å². The van der Waals surface area contributed by atoms with Gasteiger partial charge in [0, 0.05) is 12.3 Å². The molecular formula is C23H34BrNO. The maximum Gasteiger partial charge on any atom is 0.0833 e. The second-order valence-electron chi connectivity index (χ2n) is 7.87. The zero-order chi connectivity index (χ0) is 18.4. The summed E-state index contributed by atoms with van der Waals surface area (Å²) in [5.74, 6) is 0.319. The highest BCUT2D eigenvalue weighted by atomic mass is 79.9. The molecule has 0 radical (unpaired) electrons. The van der Waals surface area contributed by atoms with E-state index in [9.17, 15) is 5.11 Å². The van der Waals surface area contributed by atoms with Crippen molar-refractivity contribution in [3.05, 3.63) is 71.3 Å². The Kier molecular flexibility index (Phi) is 9.02. The van der Waals surface area contributed by atoms with Crippen LogP contribution in [-0.2, 0) is 6.61 Å². The lowest BCUT2D eigenvalue weighted by Gasteiger charge is -2.43. The van der Waals surface area contributed by atoms with Crippen molar-refractivity contribution in [2.45, 2.75) is 58.7 Å². The summed E-state index contributed by atoms with van der Waals surface area (Å²) >= 11 is 0. The van der Waals surface area contributed by atoms with Gasteiger partial charge in [-0.1, -0.05) is 54.6 Å². The van der Waals surface area contributed by atoms with Gasteiger partial charge in [-0.05, 0) is 44.4 Å². The van der Waals surface area contributed by atoms with Crippen molar-refractivity contribution < 1.29 is 26.6 Å². The maximum absolute atomic E-state index is 9.81. The van der Waals surface area contributed by atoms with E-state index in [0.717, 1.165) is 23.0 Å². The molecule has 0 aliphatic rings. The largest absolute Gasteiger partial charge is 1.00 e. The molecule has 0 bridgehead atoms. The van der Waals surface area contributed by atoms with E-state index < -0.39 is 0 Å². The molecule has 0 saturated carbocycles. The van der Waals surface area contributed by atoms with Gasteiger partial charge in [-0.25, -0.2) is 0 Å². The van der Waals surface area contributed by atoms with Crippen LogP contribution in [0, 0.1) is 0 Å². The van der Waals surface area contributed by atoms with Crippen LogP contribution in [0.5, 0.6) is 0 Å². The number of halogens is 1. The highest BCUT2D eigenvalue weighted by Crippen LogP contribution is 2.32. The molecule has 0 spiro atoms. The fraction of sp³-hybridized carbons (Fsp3) is 0.478. The van der Waals surface area contributed by atoms with Crippen molar-refractivity contribution in [2.75, 3.05) is 13.6 Å². The highest BCUT2D eigenvalue weighted by Gasteiger charge is 2.31. The van der Waals surface area contributed by atoms with Gasteiger partial charge in [-0.2, -0.15) is 0 Å². The number of nitrogens with zero attached hydrogens (tertiary/aromatic N) is 1. The predicted molar refractivity (Wildman–Crippen MR) is 107 cm³/mol. The number of aliphatic hydroxyl groups excluding tert-OH is 1. The number of aliphatic hydroxyl groups is 1. The predicted octanol–water partition coefficient (Wildman–Crippen LogP) is 1.97. The number of rotatable bonds is 8. The molecule has 0 aromatic heterocycles. The average Bonchev–Trinajstić information content (AvgIpc) is 2.62. The summed E-state index contributed by atoms with van der Waals surface area (Å²) in [6.45, 7) is 10.5. The molecule has 2 aromatic rings. The topological polar surface area (TPSA) is 20.2 Å². The lowest BCUT2D eigenvalue weighted by atomic mass is 9.85. The molecule has 1 N–H and O–H groups in total. The molecule has 2 rings (SSSR count). The number of hydrogen-bond donors (Lipinski definition) is 1. The summed E-state index contributed by atoms with van der Waals surface area (Å²) in [6.07, 6.45) is 1.08. The van der Waals surface area contributed by atoms with Gasteiger partial charge in [0.25, 0.3) is 0 Å². The Bertz CT molecular complexity index is 646. The van der Waals surface area contributed by atoms with E-state index >= 15 is 0 Å². The van der Waals surface area contributed by atoms with Gasteiger partial charge in [0.1, 0.15) is 0 Å². The molecule has 2 aromatic carbocycles. The first-order chi connectivity index (χ1) is 11.9. The van der Waals surface area contributed by atoms with Crippen LogP contribution in [0.3, 0.4) is 0 Å². The van der Waals surface area contributed by atoms with E-state index in [1.54, 1.807) is 0 Å². The van der Waals surface area contributed by atoms with Crippen LogP contribution >= 0.6 is 0 Å². The fourth-order valence-corrected chi connectivity index (χ4v) is 3.73. The molecule has 26 heavy (non-hydrogen) atoms. The molecule has 0 heterocycles. The summed E-state index contributed by atoms with van der Waals surface area (Å²) < 4.78 is 1.06. The third-order valence-electron chi connectivity index (χ3n) is 6.06. The monoisotopic (exact) mass is 419 g/mol. The molecule has 144 valence electrons. The molecule has 1 atom stereocenters. The minimum atomic E-state index is 0. The third kappa shape index (κ3) is 5.18. The number of quaternary nitrogens is 1. The average molecular weight is 420 g/mol. The van der Waals surface area contributed by atoms with Crippen molar-refractivity contribution in [1.29, 1.82) is 0 Å². The van der Waals surface area contributed by atoms with Crippen LogP contribution in [0.1, 0.15) is 56.7 Å². The van der Waals surface area contributed by atoms with Crippen molar-refractivity contribution in [3.8, 4) is 0 Å². The van der Waals surface area contributed by atoms with Crippen LogP contribution < -0.4 is 17.0 Å². The molecule has 0 amide bonds. The van der Waals surface area contributed by atoms with Crippen molar-refractivity contribution in [3.63, 3.8) is 0 Å². The molecule has 3 heteroatoms. The normalized spacial score (nSPS) is 12.9. The SMILES string of the molecule is CC(C)[N+](C)(CC[C@H](c1ccccc1)c1ccccc1CO)C(C)C.[Br-]. The fourth-order valence-electron chi connectivity index (χ4n) is 3.73. The van der Waals surface area contributed by atoms with Gasteiger partial charge in [-0.15, -0.1) is 0 Å². The Labute approximate surface area is 170 Å². The minimum Gasteiger partial charge on any atom is -1.00 e. The quantitative estimate of drug-likeness (QED) is 0.648. The molecule has 0 aliphatic heterocycles. The van der Waals surface area contributed by atoms with Crippen LogP contribution in [0.4, 0.5) is 0 Å². The Morgan fingerprint density at radius 2 is 1.38 bits per heavy atom. The third-order valence-corrected chi connectivity index (χ3v) is 6.06. The van der Waals surface area contributed by atoms with E-state index in [4.69, 9.17) is 0 Å². The first kappa shape index (κ1) is 22.9. The lowest BCUT2D eigenvalue weighted by molar-refractivity contribution is -0.949. The second-order valence-corrected chi connectivity index (χ2v) is 7.87. The van der Waals surface area contributed by atoms with Gasteiger partial charge >= 0.3 is 0 Å². The molecule has 0 fully saturated rings. The minimum absolute atomic E-state index is 0. The summed E-state index contributed by atoms with van der Waals surface area (Å²) in [7, 11) is 2.37. The van der Waals surface area contributed by atoms with Crippen LogP contribution in [0.15, 0.2) is 54.6 Å². The first-order valence-electron chi connectivity index (χ1n) is 9.48. The van der Waals surface area contributed by atoms with Gasteiger partial charge in [0.15, 0.2) is 0 Å².